The summed E-state index contributed by atoms with van der Waals surface area (Å²) in [6.45, 7) is 3.95. The standard InChI is InChI=1S/C26H24F2N2O3/c1-15(2)24-19(12-13-21-23(28)20(31)14-22(32)33-21)25(16-8-10-18(27)11-9-16)30-26(29-24)17-6-4-3-5-7-17/h3-13,15,20-21,23,31H,14H2,1-2H3/b13-12+. The Bertz CT molecular complexity index is 1160. The first kappa shape index (κ1) is 22.7. The van der Waals surface area contributed by atoms with Crippen molar-refractivity contribution in [3.8, 4) is 22.6 Å². The van der Waals surface area contributed by atoms with Crippen LogP contribution in [0, 0.1) is 5.82 Å². The summed E-state index contributed by atoms with van der Waals surface area (Å²) in [5.74, 6) is -0.543. The molecule has 3 aromatic rings. The highest BCUT2D eigenvalue weighted by molar-refractivity contribution is 5.76. The van der Waals surface area contributed by atoms with Crippen LogP contribution in [0.15, 0.2) is 60.7 Å². The number of cyclic esters (lactones) is 1. The minimum absolute atomic E-state index is 0.0185. The molecule has 5 nitrogen and oxygen atoms in total. The van der Waals surface area contributed by atoms with E-state index in [2.05, 4.69) is 0 Å². The zero-order valence-corrected chi connectivity index (χ0v) is 18.3. The number of halogens is 2. The Kier molecular flexibility index (Phi) is 6.60. The van der Waals surface area contributed by atoms with Gasteiger partial charge < -0.3 is 9.84 Å². The molecular weight excluding hydrogens is 426 g/mol. The van der Waals surface area contributed by atoms with Crippen LogP contribution < -0.4 is 0 Å². The average molecular weight is 450 g/mol. The second-order valence-corrected chi connectivity index (χ2v) is 8.25. The monoisotopic (exact) mass is 450 g/mol. The number of benzene rings is 2. The predicted molar refractivity (Wildman–Crippen MR) is 121 cm³/mol. The van der Waals surface area contributed by atoms with Crippen LogP contribution in [0.1, 0.15) is 37.4 Å². The number of alkyl halides is 1. The number of esters is 1. The van der Waals surface area contributed by atoms with Crippen LogP contribution in [0.4, 0.5) is 8.78 Å². The normalized spacial score (nSPS) is 20.9. The van der Waals surface area contributed by atoms with Gasteiger partial charge in [-0.2, -0.15) is 0 Å². The zero-order valence-electron chi connectivity index (χ0n) is 18.3. The van der Waals surface area contributed by atoms with E-state index in [-0.39, 0.29) is 18.2 Å². The van der Waals surface area contributed by atoms with Crippen LogP contribution in [-0.4, -0.2) is 39.4 Å². The van der Waals surface area contributed by atoms with Crippen LogP contribution >= 0.6 is 0 Å². The molecule has 0 amide bonds. The first-order valence-electron chi connectivity index (χ1n) is 10.8. The number of ether oxygens (including phenoxy) is 1. The van der Waals surface area contributed by atoms with Gasteiger partial charge in [-0.3, -0.25) is 4.79 Å². The molecule has 0 aliphatic carbocycles. The minimum atomic E-state index is -1.74. The number of aromatic nitrogens is 2. The highest BCUT2D eigenvalue weighted by Gasteiger charge is 2.36. The van der Waals surface area contributed by atoms with E-state index in [1.807, 2.05) is 44.2 Å². The molecule has 3 unspecified atom stereocenters. The van der Waals surface area contributed by atoms with E-state index in [0.717, 1.165) is 5.56 Å². The SMILES string of the molecule is CC(C)c1nc(-c2ccccc2)nc(-c2ccc(F)cc2)c1/C=C/C1OC(=O)CC(O)C1F. The van der Waals surface area contributed by atoms with Crippen LogP contribution in [0.3, 0.4) is 0 Å². The van der Waals surface area contributed by atoms with Gasteiger partial charge in [0.15, 0.2) is 18.1 Å². The zero-order chi connectivity index (χ0) is 23.5. The summed E-state index contributed by atoms with van der Waals surface area (Å²) < 4.78 is 33.2. The Hall–Kier alpha value is -3.45. The van der Waals surface area contributed by atoms with E-state index in [9.17, 15) is 18.7 Å². The van der Waals surface area contributed by atoms with E-state index in [1.54, 1.807) is 18.2 Å². The minimum Gasteiger partial charge on any atom is -0.455 e. The maximum atomic E-state index is 14.5. The number of rotatable bonds is 5. The molecule has 2 aromatic carbocycles. The van der Waals surface area contributed by atoms with Gasteiger partial charge in [-0.05, 0) is 36.3 Å². The second-order valence-electron chi connectivity index (χ2n) is 8.25. The quantitative estimate of drug-likeness (QED) is 0.548. The number of aliphatic hydroxyl groups excluding tert-OH is 1. The van der Waals surface area contributed by atoms with Crippen molar-refractivity contribution in [2.45, 2.75) is 44.6 Å². The van der Waals surface area contributed by atoms with Crippen molar-refractivity contribution in [3.05, 3.63) is 77.7 Å². The Labute approximate surface area is 190 Å². The third-order valence-electron chi connectivity index (χ3n) is 5.45. The second kappa shape index (κ2) is 9.58. The van der Waals surface area contributed by atoms with Crippen molar-refractivity contribution in [1.82, 2.24) is 9.97 Å². The van der Waals surface area contributed by atoms with Crippen molar-refractivity contribution in [2.24, 2.45) is 0 Å². The Balaban J connectivity index is 1.87. The maximum absolute atomic E-state index is 14.5. The molecule has 1 N–H and O–H groups in total. The van der Waals surface area contributed by atoms with E-state index in [4.69, 9.17) is 14.7 Å². The lowest BCUT2D eigenvalue weighted by molar-refractivity contribution is -0.164. The van der Waals surface area contributed by atoms with Crippen molar-refractivity contribution < 1.29 is 23.4 Å². The van der Waals surface area contributed by atoms with E-state index in [1.165, 1.54) is 18.2 Å². The van der Waals surface area contributed by atoms with Gasteiger partial charge in [-0.15, -0.1) is 0 Å². The molecule has 2 heterocycles. The van der Waals surface area contributed by atoms with E-state index >= 15 is 0 Å². The van der Waals surface area contributed by atoms with Gasteiger partial charge in [0.25, 0.3) is 0 Å². The molecule has 3 atom stereocenters. The number of hydrogen-bond acceptors (Lipinski definition) is 5. The molecule has 1 aliphatic heterocycles. The molecule has 1 aromatic heterocycles. The summed E-state index contributed by atoms with van der Waals surface area (Å²) >= 11 is 0. The molecule has 1 aliphatic rings. The van der Waals surface area contributed by atoms with Crippen molar-refractivity contribution >= 4 is 12.0 Å². The summed E-state index contributed by atoms with van der Waals surface area (Å²) in [6, 6.07) is 15.4. The first-order chi connectivity index (χ1) is 15.8. The molecule has 7 heteroatoms. The van der Waals surface area contributed by atoms with Crippen LogP contribution in [-0.2, 0) is 9.53 Å². The van der Waals surface area contributed by atoms with Gasteiger partial charge >= 0.3 is 5.97 Å². The van der Waals surface area contributed by atoms with Crippen LogP contribution in [0.5, 0.6) is 0 Å². The molecule has 0 bridgehead atoms. The molecule has 0 spiro atoms. The van der Waals surface area contributed by atoms with Gasteiger partial charge in [-0.25, -0.2) is 18.7 Å². The summed E-state index contributed by atoms with van der Waals surface area (Å²) in [7, 11) is 0. The fourth-order valence-electron chi connectivity index (χ4n) is 3.74. The summed E-state index contributed by atoms with van der Waals surface area (Å²) in [6.07, 6.45) is -1.73. The number of carbonyl (C=O) groups is 1. The smallest absolute Gasteiger partial charge is 0.309 e. The van der Waals surface area contributed by atoms with Crippen molar-refractivity contribution in [2.75, 3.05) is 0 Å². The lowest BCUT2D eigenvalue weighted by atomic mass is 9.96. The maximum Gasteiger partial charge on any atom is 0.309 e. The van der Waals surface area contributed by atoms with Gasteiger partial charge in [0, 0.05) is 16.7 Å². The molecule has 33 heavy (non-hydrogen) atoms. The molecule has 170 valence electrons. The van der Waals surface area contributed by atoms with Crippen LogP contribution in [0.2, 0.25) is 0 Å². The molecule has 1 fully saturated rings. The van der Waals surface area contributed by atoms with Crippen molar-refractivity contribution in [3.63, 3.8) is 0 Å². The van der Waals surface area contributed by atoms with Crippen LogP contribution in [0.25, 0.3) is 28.7 Å². The molecule has 1 saturated heterocycles. The highest BCUT2D eigenvalue weighted by atomic mass is 19.1. The summed E-state index contributed by atoms with van der Waals surface area (Å²) in [4.78, 5) is 21.2. The fraction of sp³-hybridized carbons (Fsp3) is 0.269. The Morgan fingerprint density at radius 2 is 1.76 bits per heavy atom. The van der Waals surface area contributed by atoms with Gasteiger partial charge in [0.1, 0.15) is 5.82 Å². The van der Waals surface area contributed by atoms with Crippen molar-refractivity contribution in [1.29, 1.82) is 0 Å². The number of aliphatic hydroxyl groups is 1. The van der Waals surface area contributed by atoms with E-state index in [0.29, 0.717) is 28.3 Å². The molecular formula is C26H24F2N2O3. The molecule has 0 saturated carbocycles. The fourth-order valence-corrected chi connectivity index (χ4v) is 3.74. The number of carbonyl (C=O) groups excluding carboxylic acids is 1. The largest absolute Gasteiger partial charge is 0.455 e. The first-order valence-corrected chi connectivity index (χ1v) is 10.8. The third kappa shape index (κ3) is 4.98. The highest BCUT2D eigenvalue weighted by Crippen LogP contribution is 2.32. The number of hydrogen-bond donors (Lipinski definition) is 1. The number of nitrogens with zero attached hydrogens (tertiary/aromatic N) is 2. The van der Waals surface area contributed by atoms with E-state index < -0.39 is 24.3 Å². The van der Waals surface area contributed by atoms with Gasteiger partial charge in [-0.1, -0.05) is 50.3 Å². The van der Waals surface area contributed by atoms with Gasteiger partial charge in [0.05, 0.1) is 23.9 Å². The lowest BCUT2D eigenvalue weighted by Gasteiger charge is -2.27. The lowest BCUT2D eigenvalue weighted by Crippen LogP contribution is -2.42. The molecule has 0 radical (unpaired) electrons. The molecule has 4 rings (SSSR count). The third-order valence-corrected chi connectivity index (χ3v) is 5.45. The summed E-state index contributed by atoms with van der Waals surface area (Å²) in [5.41, 5.74) is 3.35. The Morgan fingerprint density at radius 1 is 1.06 bits per heavy atom. The Morgan fingerprint density at radius 3 is 2.42 bits per heavy atom. The summed E-state index contributed by atoms with van der Waals surface area (Å²) in [5, 5.41) is 9.81. The predicted octanol–water partition coefficient (Wildman–Crippen LogP) is 5.10. The average Bonchev–Trinajstić information content (AvgIpc) is 2.81. The topological polar surface area (TPSA) is 72.3 Å². The van der Waals surface area contributed by atoms with Gasteiger partial charge in [0.2, 0.25) is 0 Å².